The maximum absolute atomic E-state index is 13.0. The van der Waals surface area contributed by atoms with Crippen molar-refractivity contribution in [2.75, 3.05) is 17.7 Å². The van der Waals surface area contributed by atoms with E-state index in [2.05, 4.69) is 5.32 Å². The van der Waals surface area contributed by atoms with Crippen LogP contribution in [0.3, 0.4) is 0 Å². The molecule has 28 heavy (non-hydrogen) atoms. The molecule has 0 aliphatic heterocycles. The normalized spacial score (nSPS) is 13.5. The summed E-state index contributed by atoms with van der Waals surface area (Å²) in [6.45, 7) is 3.59. The van der Waals surface area contributed by atoms with Crippen molar-refractivity contribution in [3.8, 4) is 5.75 Å². The van der Waals surface area contributed by atoms with Crippen LogP contribution in [0.25, 0.3) is 0 Å². The summed E-state index contributed by atoms with van der Waals surface area (Å²) >= 11 is 6.03. The van der Waals surface area contributed by atoms with Gasteiger partial charge in [-0.25, -0.2) is 8.42 Å². The number of para-hydroxylation sites is 1. The molecule has 2 aromatic carbocycles. The summed E-state index contributed by atoms with van der Waals surface area (Å²) in [6, 6.07) is 12.5. The number of rotatable bonds is 8. The zero-order chi connectivity index (χ0) is 20.9. The lowest BCUT2D eigenvalue weighted by Crippen LogP contribution is -2.49. The van der Waals surface area contributed by atoms with Crippen LogP contribution in [-0.2, 0) is 14.8 Å². The molecule has 1 N–H and O–H groups in total. The van der Waals surface area contributed by atoms with Gasteiger partial charge in [0.25, 0.3) is 0 Å². The van der Waals surface area contributed by atoms with Crippen LogP contribution in [0.15, 0.2) is 48.5 Å². The van der Waals surface area contributed by atoms with Crippen LogP contribution in [0, 0.1) is 0 Å². The standard InChI is InChI=1S/C20H25ClN2O4S/c1-5-18(23(28(4,25)26)16-10-8-9-15(21)13-16)20(24)22-14(2)17-11-6-7-12-19(17)27-3/h6-14,18H,5H2,1-4H3,(H,22,24)/t14-,18-/m1/s1. The lowest BCUT2D eigenvalue weighted by Gasteiger charge is -2.31. The van der Waals surface area contributed by atoms with Crippen LogP contribution in [0.4, 0.5) is 5.69 Å². The van der Waals surface area contributed by atoms with E-state index < -0.39 is 22.0 Å². The number of hydrogen-bond donors (Lipinski definition) is 1. The van der Waals surface area contributed by atoms with Gasteiger partial charge in [-0.05, 0) is 37.6 Å². The van der Waals surface area contributed by atoms with E-state index in [1.807, 2.05) is 31.2 Å². The summed E-state index contributed by atoms with van der Waals surface area (Å²) in [4.78, 5) is 13.0. The van der Waals surface area contributed by atoms with E-state index in [1.165, 1.54) is 6.07 Å². The van der Waals surface area contributed by atoms with Gasteiger partial charge in [0.05, 0.1) is 25.1 Å². The van der Waals surface area contributed by atoms with Crippen molar-refractivity contribution in [3.05, 3.63) is 59.1 Å². The van der Waals surface area contributed by atoms with Gasteiger partial charge in [-0.1, -0.05) is 42.8 Å². The van der Waals surface area contributed by atoms with Crippen LogP contribution < -0.4 is 14.4 Å². The molecular formula is C20H25ClN2O4S. The number of carbonyl (C=O) groups is 1. The fourth-order valence-electron chi connectivity index (χ4n) is 3.08. The molecule has 6 nitrogen and oxygen atoms in total. The summed E-state index contributed by atoms with van der Waals surface area (Å²) in [7, 11) is -2.15. The fraction of sp³-hybridized carbons (Fsp3) is 0.350. The van der Waals surface area contributed by atoms with E-state index in [1.54, 1.807) is 32.2 Å². The van der Waals surface area contributed by atoms with Crippen LogP contribution in [0.5, 0.6) is 5.75 Å². The zero-order valence-electron chi connectivity index (χ0n) is 16.3. The number of nitrogens with zero attached hydrogens (tertiary/aromatic N) is 1. The van der Waals surface area contributed by atoms with Gasteiger partial charge < -0.3 is 10.1 Å². The van der Waals surface area contributed by atoms with Crippen molar-refractivity contribution in [2.45, 2.75) is 32.4 Å². The first kappa shape index (κ1) is 22.0. The molecule has 0 saturated heterocycles. The molecule has 0 radical (unpaired) electrons. The van der Waals surface area contributed by atoms with Gasteiger partial charge >= 0.3 is 0 Å². The lowest BCUT2D eigenvalue weighted by molar-refractivity contribution is -0.122. The predicted molar refractivity (Wildman–Crippen MR) is 112 cm³/mol. The molecule has 0 aromatic heterocycles. The van der Waals surface area contributed by atoms with E-state index >= 15 is 0 Å². The van der Waals surface area contributed by atoms with E-state index in [-0.39, 0.29) is 6.04 Å². The van der Waals surface area contributed by atoms with Crippen LogP contribution in [-0.4, -0.2) is 33.7 Å². The summed E-state index contributed by atoms with van der Waals surface area (Å²) in [5.74, 6) is 0.254. The summed E-state index contributed by atoms with van der Waals surface area (Å²) in [5, 5.41) is 3.29. The van der Waals surface area contributed by atoms with Gasteiger partial charge in [-0.2, -0.15) is 0 Å². The van der Waals surface area contributed by atoms with Crippen molar-refractivity contribution in [2.24, 2.45) is 0 Å². The molecule has 152 valence electrons. The van der Waals surface area contributed by atoms with Crippen LogP contribution in [0.1, 0.15) is 31.9 Å². The fourth-order valence-corrected chi connectivity index (χ4v) is 4.47. The van der Waals surface area contributed by atoms with Gasteiger partial charge in [0.2, 0.25) is 15.9 Å². The summed E-state index contributed by atoms with van der Waals surface area (Å²) in [5.41, 5.74) is 1.16. The zero-order valence-corrected chi connectivity index (χ0v) is 17.9. The third kappa shape index (κ3) is 5.17. The number of ether oxygens (including phenoxy) is 1. The first-order valence-corrected chi connectivity index (χ1v) is 11.1. The minimum atomic E-state index is -3.72. The molecule has 0 bridgehead atoms. The molecule has 8 heteroatoms. The monoisotopic (exact) mass is 424 g/mol. The SMILES string of the molecule is CC[C@H](C(=O)N[C@H](C)c1ccccc1OC)N(c1cccc(Cl)c1)S(C)(=O)=O. The number of halogens is 1. The number of sulfonamides is 1. The van der Waals surface area contributed by atoms with Gasteiger partial charge in [0.1, 0.15) is 11.8 Å². The number of anilines is 1. The highest BCUT2D eigenvalue weighted by atomic mass is 35.5. The lowest BCUT2D eigenvalue weighted by atomic mass is 10.1. The molecular weight excluding hydrogens is 400 g/mol. The second-order valence-electron chi connectivity index (χ2n) is 6.43. The van der Waals surface area contributed by atoms with Crippen molar-refractivity contribution < 1.29 is 17.9 Å². The molecule has 2 aromatic rings. The number of amides is 1. The Kier molecular flexibility index (Phi) is 7.32. The topological polar surface area (TPSA) is 75.7 Å². The highest BCUT2D eigenvalue weighted by Gasteiger charge is 2.32. The van der Waals surface area contributed by atoms with E-state index in [0.717, 1.165) is 16.1 Å². The maximum atomic E-state index is 13.0. The number of benzene rings is 2. The number of carbonyl (C=O) groups excluding carboxylic acids is 1. The Bertz CT molecular complexity index is 933. The molecule has 2 rings (SSSR count). The second-order valence-corrected chi connectivity index (χ2v) is 8.73. The Hall–Kier alpha value is -2.25. The molecule has 0 saturated carbocycles. The van der Waals surface area contributed by atoms with Gasteiger partial charge in [-0.15, -0.1) is 0 Å². The summed E-state index contributed by atoms with van der Waals surface area (Å²) < 4.78 is 31.4. The molecule has 0 aliphatic rings. The molecule has 0 spiro atoms. The predicted octanol–water partition coefficient (Wildman–Crippen LogP) is 3.77. The Morgan fingerprint density at radius 1 is 1.21 bits per heavy atom. The number of hydrogen-bond acceptors (Lipinski definition) is 4. The largest absolute Gasteiger partial charge is 0.496 e. The minimum absolute atomic E-state index is 0.296. The Balaban J connectivity index is 2.34. The Morgan fingerprint density at radius 2 is 1.89 bits per heavy atom. The Labute approximate surface area is 171 Å². The van der Waals surface area contributed by atoms with Crippen LogP contribution in [0.2, 0.25) is 5.02 Å². The molecule has 0 heterocycles. The van der Waals surface area contributed by atoms with E-state index in [4.69, 9.17) is 16.3 Å². The average Bonchev–Trinajstić information content (AvgIpc) is 2.64. The van der Waals surface area contributed by atoms with Crippen LogP contribution >= 0.6 is 11.6 Å². The molecule has 1 amide bonds. The first-order chi connectivity index (χ1) is 13.2. The third-order valence-corrected chi connectivity index (χ3v) is 5.77. The second kappa shape index (κ2) is 9.30. The minimum Gasteiger partial charge on any atom is -0.496 e. The van der Waals surface area contributed by atoms with E-state index in [9.17, 15) is 13.2 Å². The van der Waals surface area contributed by atoms with Gasteiger partial charge in [0, 0.05) is 10.6 Å². The molecule has 0 aliphatic carbocycles. The molecule has 0 unspecified atom stereocenters. The number of methoxy groups -OCH3 is 1. The Morgan fingerprint density at radius 3 is 2.46 bits per heavy atom. The van der Waals surface area contributed by atoms with Crippen molar-refractivity contribution in [1.82, 2.24) is 5.32 Å². The third-order valence-electron chi connectivity index (χ3n) is 4.36. The first-order valence-electron chi connectivity index (χ1n) is 8.87. The summed E-state index contributed by atoms with van der Waals surface area (Å²) in [6.07, 6.45) is 1.37. The van der Waals surface area contributed by atoms with Crippen molar-refractivity contribution in [1.29, 1.82) is 0 Å². The maximum Gasteiger partial charge on any atom is 0.244 e. The smallest absolute Gasteiger partial charge is 0.244 e. The molecule has 2 atom stereocenters. The average molecular weight is 425 g/mol. The number of nitrogens with one attached hydrogen (secondary N) is 1. The van der Waals surface area contributed by atoms with Crippen molar-refractivity contribution in [3.63, 3.8) is 0 Å². The quantitative estimate of drug-likeness (QED) is 0.699. The van der Waals surface area contributed by atoms with Crippen molar-refractivity contribution >= 4 is 33.2 Å². The van der Waals surface area contributed by atoms with Gasteiger partial charge in [-0.3, -0.25) is 9.10 Å². The van der Waals surface area contributed by atoms with E-state index in [0.29, 0.717) is 22.9 Å². The van der Waals surface area contributed by atoms with Gasteiger partial charge in [0.15, 0.2) is 0 Å². The highest BCUT2D eigenvalue weighted by molar-refractivity contribution is 7.92. The molecule has 0 fully saturated rings. The highest BCUT2D eigenvalue weighted by Crippen LogP contribution is 2.27.